The fraction of sp³-hybridized carbons (Fsp3) is 0.636. The van der Waals surface area contributed by atoms with E-state index in [1.165, 1.54) is 11.3 Å². The molecule has 3 N–H and O–H groups in total. The molecule has 0 atom stereocenters. The van der Waals surface area contributed by atoms with Gasteiger partial charge in [-0.3, -0.25) is 15.1 Å². The standard InChI is InChI=1S/C11H19N5OS/c1-2-15-3-5-16(6-4-15)7-9-8-18-11(13-9)10(17)14-12/h8H,2-7,12H2,1H3,(H,14,17). The molecule has 1 aliphatic rings. The Hall–Kier alpha value is -1.02. The van der Waals surface area contributed by atoms with Crippen molar-refractivity contribution in [3.63, 3.8) is 0 Å². The Labute approximate surface area is 111 Å². The molecule has 0 radical (unpaired) electrons. The fourth-order valence-electron chi connectivity index (χ4n) is 2.04. The molecule has 0 bridgehead atoms. The van der Waals surface area contributed by atoms with Crippen molar-refractivity contribution in [3.8, 4) is 0 Å². The molecule has 1 aliphatic heterocycles. The Morgan fingerprint density at radius 1 is 1.44 bits per heavy atom. The van der Waals surface area contributed by atoms with Gasteiger partial charge in [-0.05, 0) is 6.54 Å². The van der Waals surface area contributed by atoms with Crippen LogP contribution in [0.2, 0.25) is 0 Å². The number of thiazole rings is 1. The number of likely N-dealkylation sites (N-methyl/N-ethyl adjacent to an activating group) is 1. The fourth-order valence-corrected chi connectivity index (χ4v) is 2.75. The number of rotatable bonds is 4. The summed E-state index contributed by atoms with van der Waals surface area (Å²) in [5.41, 5.74) is 3.05. The van der Waals surface area contributed by atoms with E-state index in [0.717, 1.165) is 45.0 Å². The predicted molar refractivity (Wildman–Crippen MR) is 71.2 cm³/mol. The molecular formula is C11H19N5OS. The number of nitrogens with two attached hydrogens (primary N) is 1. The number of nitrogens with one attached hydrogen (secondary N) is 1. The summed E-state index contributed by atoms with van der Waals surface area (Å²) < 4.78 is 0. The van der Waals surface area contributed by atoms with E-state index in [-0.39, 0.29) is 5.91 Å². The minimum absolute atomic E-state index is 0.318. The highest BCUT2D eigenvalue weighted by Gasteiger charge is 2.17. The van der Waals surface area contributed by atoms with E-state index in [1.807, 2.05) is 5.38 Å². The number of piperazine rings is 1. The highest BCUT2D eigenvalue weighted by molar-refractivity contribution is 7.11. The molecule has 1 fully saturated rings. The van der Waals surface area contributed by atoms with Crippen LogP contribution in [0.1, 0.15) is 22.4 Å². The summed E-state index contributed by atoms with van der Waals surface area (Å²) in [5.74, 6) is 4.76. The second-order valence-electron chi connectivity index (χ2n) is 4.33. The van der Waals surface area contributed by atoms with Gasteiger partial charge in [-0.1, -0.05) is 6.92 Å². The van der Waals surface area contributed by atoms with Crippen molar-refractivity contribution in [2.75, 3.05) is 32.7 Å². The monoisotopic (exact) mass is 269 g/mol. The third kappa shape index (κ3) is 3.26. The molecule has 0 aromatic carbocycles. The van der Waals surface area contributed by atoms with Crippen LogP contribution in [0, 0.1) is 0 Å². The quantitative estimate of drug-likeness (QED) is 0.453. The van der Waals surface area contributed by atoms with Crippen LogP contribution in [0.25, 0.3) is 0 Å². The number of aromatic nitrogens is 1. The zero-order chi connectivity index (χ0) is 13.0. The van der Waals surface area contributed by atoms with Crippen molar-refractivity contribution < 1.29 is 4.79 Å². The van der Waals surface area contributed by atoms with E-state index >= 15 is 0 Å². The molecule has 18 heavy (non-hydrogen) atoms. The molecule has 1 aromatic heterocycles. The van der Waals surface area contributed by atoms with Crippen LogP contribution in [0.15, 0.2) is 5.38 Å². The SMILES string of the molecule is CCN1CCN(Cc2csc(C(=O)NN)n2)CC1. The van der Waals surface area contributed by atoms with Gasteiger partial charge in [-0.2, -0.15) is 0 Å². The van der Waals surface area contributed by atoms with Gasteiger partial charge in [0.25, 0.3) is 5.91 Å². The van der Waals surface area contributed by atoms with Crippen LogP contribution >= 0.6 is 11.3 Å². The summed E-state index contributed by atoms with van der Waals surface area (Å²) in [5, 5.41) is 2.36. The second kappa shape index (κ2) is 6.24. The molecule has 0 unspecified atom stereocenters. The molecule has 100 valence electrons. The first-order chi connectivity index (χ1) is 8.72. The van der Waals surface area contributed by atoms with E-state index in [1.54, 1.807) is 0 Å². The van der Waals surface area contributed by atoms with E-state index in [0.29, 0.717) is 5.01 Å². The van der Waals surface area contributed by atoms with Gasteiger partial charge in [-0.15, -0.1) is 11.3 Å². The molecule has 2 rings (SSSR count). The van der Waals surface area contributed by atoms with Crippen LogP contribution in [0.3, 0.4) is 0 Å². The summed E-state index contributed by atoms with van der Waals surface area (Å²) in [6.45, 7) is 8.45. The molecule has 1 saturated heterocycles. The number of hydrogen-bond acceptors (Lipinski definition) is 6. The minimum Gasteiger partial charge on any atom is -0.301 e. The van der Waals surface area contributed by atoms with Crippen molar-refractivity contribution >= 4 is 17.2 Å². The van der Waals surface area contributed by atoms with Crippen molar-refractivity contribution in [2.24, 2.45) is 5.84 Å². The second-order valence-corrected chi connectivity index (χ2v) is 5.19. The lowest BCUT2D eigenvalue weighted by molar-refractivity contribution is 0.0952. The number of hydrazine groups is 1. The molecular weight excluding hydrogens is 250 g/mol. The lowest BCUT2D eigenvalue weighted by Gasteiger charge is -2.33. The number of carbonyl (C=O) groups excluding carboxylic acids is 1. The molecule has 1 amide bonds. The van der Waals surface area contributed by atoms with Crippen molar-refractivity contribution in [1.29, 1.82) is 0 Å². The Morgan fingerprint density at radius 2 is 2.11 bits per heavy atom. The van der Waals surface area contributed by atoms with Gasteiger partial charge in [-0.25, -0.2) is 10.8 Å². The topological polar surface area (TPSA) is 74.5 Å². The van der Waals surface area contributed by atoms with Gasteiger partial charge in [0.05, 0.1) is 5.69 Å². The average Bonchev–Trinajstić information content (AvgIpc) is 2.87. The highest BCUT2D eigenvalue weighted by Crippen LogP contribution is 2.13. The molecule has 0 spiro atoms. The van der Waals surface area contributed by atoms with Crippen molar-refractivity contribution in [3.05, 3.63) is 16.1 Å². The maximum absolute atomic E-state index is 11.3. The lowest BCUT2D eigenvalue weighted by atomic mass is 10.3. The van der Waals surface area contributed by atoms with Crippen molar-refractivity contribution in [2.45, 2.75) is 13.5 Å². The summed E-state index contributed by atoms with van der Waals surface area (Å²) in [6, 6.07) is 0. The summed E-state index contributed by atoms with van der Waals surface area (Å²) >= 11 is 1.34. The Morgan fingerprint density at radius 3 is 2.72 bits per heavy atom. The van der Waals surface area contributed by atoms with Gasteiger partial charge in [0.2, 0.25) is 0 Å². The van der Waals surface area contributed by atoms with Gasteiger partial charge < -0.3 is 4.90 Å². The summed E-state index contributed by atoms with van der Waals surface area (Å²) in [6.07, 6.45) is 0. The Balaban J connectivity index is 1.86. The smallest absolute Gasteiger partial charge is 0.294 e. The summed E-state index contributed by atoms with van der Waals surface area (Å²) in [4.78, 5) is 20.4. The van der Waals surface area contributed by atoms with Crippen LogP contribution in [0.5, 0.6) is 0 Å². The van der Waals surface area contributed by atoms with Gasteiger partial charge in [0.15, 0.2) is 5.01 Å². The van der Waals surface area contributed by atoms with Crippen molar-refractivity contribution in [1.82, 2.24) is 20.2 Å². The van der Waals surface area contributed by atoms with Crippen LogP contribution in [-0.4, -0.2) is 53.4 Å². The molecule has 2 heterocycles. The third-order valence-corrected chi connectivity index (χ3v) is 4.06. The van der Waals surface area contributed by atoms with E-state index in [2.05, 4.69) is 27.1 Å². The third-order valence-electron chi connectivity index (χ3n) is 3.17. The largest absolute Gasteiger partial charge is 0.301 e. The van der Waals surface area contributed by atoms with Gasteiger partial charge >= 0.3 is 0 Å². The summed E-state index contributed by atoms with van der Waals surface area (Å²) in [7, 11) is 0. The average molecular weight is 269 g/mol. The molecule has 1 aromatic rings. The van der Waals surface area contributed by atoms with E-state index < -0.39 is 0 Å². The predicted octanol–water partition coefficient (Wildman–Crippen LogP) is -0.116. The zero-order valence-corrected chi connectivity index (χ0v) is 11.4. The molecule has 0 saturated carbocycles. The zero-order valence-electron chi connectivity index (χ0n) is 10.6. The Kier molecular flexibility index (Phi) is 4.65. The number of hydrogen-bond donors (Lipinski definition) is 2. The molecule has 0 aliphatic carbocycles. The highest BCUT2D eigenvalue weighted by atomic mass is 32.1. The van der Waals surface area contributed by atoms with Gasteiger partial charge in [0.1, 0.15) is 0 Å². The number of carbonyl (C=O) groups is 1. The first-order valence-electron chi connectivity index (χ1n) is 6.13. The van der Waals surface area contributed by atoms with Crippen LogP contribution in [-0.2, 0) is 6.54 Å². The van der Waals surface area contributed by atoms with E-state index in [4.69, 9.17) is 5.84 Å². The first kappa shape index (κ1) is 13.4. The van der Waals surface area contributed by atoms with Crippen LogP contribution in [0.4, 0.5) is 0 Å². The number of nitrogens with zero attached hydrogens (tertiary/aromatic N) is 3. The first-order valence-corrected chi connectivity index (χ1v) is 7.01. The minimum atomic E-state index is -0.318. The lowest BCUT2D eigenvalue weighted by Crippen LogP contribution is -2.45. The number of nitrogen functional groups attached to an aromatic ring is 1. The van der Waals surface area contributed by atoms with Gasteiger partial charge in [0, 0.05) is 38.1 Å². The number of amides is 1. The van der Waals surface area contributed by atoms with E-state index in [9.17, 15) is 4.79 Å². The molecule has 7 heteroatoms. The maximum Gasteiger partial charge on any atom is 0.294 e. The Bertz CT molecular complexity index is 400. The maximum atomic E-state index is 11.3. The molecule has 6 nitrogen and oxygen atoms in total. The normalized spacial score (nSPS) is 17.9. The van der Waals surface area contributed by atoms with Crippen LogP contribution < -0.4 is 11.3 Å².